The molecule has 3 saturated heterocycles. The molecule has 0 unspecified atom stereocenters. The summed E-state index contributed by atoms with van der Waals surface area (Å²) in [6.07, 6.45) is 0. The SMILES string of the molecule is [F-].[F-].c1cc[c]([Sn+]([c]2ccccc2)[c]2ccccc2)cc1.c1ccc([C@H]2CN([S+](N3C[C@H](c4ccccc4)[C@@H](c4ccccc4)C3)N3C[C@H](c4ccccc4)[C@@H](c4ccccc4)C3)C[C@@H]2c2ccccc2)cc1. The Morgan fingerprint density at radius 2 is 0.384 bits per heavy atom. The Hall–Kier alpha value is -6.13. The van der Waals surface area contributed by atoms with E-state index in [0.29, 0.717) is 35.5 Å². The summed E-state index contributed by atoms with van der Waals surface area (Å²) in [5, 5.41) is 0. The molecule has 7 heteroatoms. The molecular formula is C66H63F2N3SSn. The van der Waals surface area contributed by atoms with Gasteiger partial charge in [-0.3, -0.25) is 0 Å². The third-order valence-corrected chi connectivity index (χ3v) is 25.2. The molecule has 9 aromatic rings. The smallest absolute Gasteiger partial charge is 0.0868 e. The number of halogens is 2. The minimum absolute atomic E-state index is 0. The van der Waals surface area contributed by atoms with Crippen LogP contribution in [0.15, 0.2) is 273 Å². The van der Waals surface area contributed by atoms with E-state index in [4.69, 9.17) is 0 Å². The Bertz CT molecular complexity index is 2520. The maximum atomic E-state index is 2.90. The third kappa shape index (κ3) is 12.0. The van der Waals surface area contributed by atoms with Crippen LogP contribution in [-0.2, 0) is 11.5 Å². The molecule has 6 atom stereocenters. The first-order valence-electron chi connectivity index (χ1n) is 25.6. The van der Waals surface area contributed by atoms with Gasteiger partial charge >= 0.3 is 121 Å². The van der Waals surface area contributed by atoms with Crippen molar-refractivity contribution in [3.8, 4) is 0 Å². The molecule has 0 amide bonds. The van der Waals surface area contributed by atoms with Gasteiger partial charge in [0.1, 0.15) is 0 Å². The van der Waals surface area contributed by atoms with Crippen molar-refractivity contribution >= 4 is 42.0 Å². The number of hydrogen-bond acceptors (Lipinski definition) is 3. The zero-order valence-electron chi connectivity index (χ0n) is 41.2. The van der Waals surface area contributed by atoms with E-state index >= 15 is 0 Å². The van der Waals surface area contributed by atoms with Crippen molar-refractivity contribution in [2.45, 2.75) is 35.5 Å². The predicted octanol–water partition coefficient (Wildman–Crippen LogP) is 6.21. The molecule has 3 aliphatic heterocycles. The molecule has 73 heavy (non-hydrogen) atoms. The van der Waals surface area contributed by atoms with Gasteiger partial charge in [-0.05, 0) is 33.4 Å². The zero-order valence-corrected chi connectivity index (χ0v) is 44.9. The summed E-state index contributed by atoms with van der Waals surface area (Å²) in [6.45, 7) is 6.32. The summed E-state index contributed by atoms with van der Waals surface area (Å²) in [6, 6.07) is 101. The van der Waals surface area contributed by atoms with Crippen molar-refractivity contribution in [2.75, 3.05) is 39.3 Å². The molecule has 3 aliphatic rings. The first-order chi connectivity index (χ1) is 35.2. The van der Waals surface area contributed by atoms with Gasteiger partial charge in [0.05, 0.1) is 39.3 Å². The topological polar surface area (TPSA) is 9.72 Å². The Morgan fingerprint density at radius 1 is 0.233 bits per heavy atom. The van der Waals surface area contributed by atoms with Gasteiger partial charge in [-0.2, -0.15) is 0 Å². The van der Waals surface area contributed by atoms with Gasteiger partial charge in [0.2, 0.25) is 0 Å². The molecule has 0 saturated carbocycles. The van der Waals surface area contributed by atoms with Crippen LogP contribution in [0.2, 0.25) is 0 Å². The molecular weight excluding hydrogens is 1020 g/mol. The van der Waals surface area contributed by atoms with Gasteiger partial charge in [-0.25, -0.2) is 0 Å². The van der Waals surface area contributed by atoms with Crippen LogP contribution in [0.25, 0.3) is 0 Å². The number of benzene rings is 9. The first kappa shape index (κ1) is 51.8. The fourth-order valence-corrected chi connectivity index (χ4v) is 21.8. The molecule has 3 heterocycles. The summed E-state index contributed by atoms with van der Waals surface area (Å²) in [5.74, 6) is 2.63. The van der Waals surface area contributed by atoms with Crippen LogP contribution in [0.1, 0.15) is 68.9 Å². The molecule has 0 radical (unpaired) electrons. The molecule has 366 valence electrons. The van der Waals surface area contributed by atoms with E-state index < -0.39 is 19.8 Å². The summed E-state index contributed by atoms with van der Waals surface area (Å²) >= 11 is -2.20. The van der Waals surface area contributed by atoms with E-state index in [-0.39, 0.29) is 20.9 Å². The second-order valence-corrected chi connectivity index (χ2v) is 28.5. The Balaban J connectivity index is 0.000000263. The molecule has 0 N–H and O–H groups in total. The summed E-state index contributed by atoms with van der Waals surface area (Å²) < 4.78 is 13.3. The molecule has 0 aromatic heterocycles. The quantitative estimate of drug-likeness (QED) is 0.107. The second-order valence-electron chi connectivity index (χ2n) is 19.4. The first-order valence-corrected chi connectivity index (χ1v) is 30.9. The van der Waals surface area contributed by atoms with Crippen LogP contribution >= 0.6 is 0 Å². The minimum atomic E-state index is -1.98. The zero-order chi connectivity index (χ0) is 47.6. The molecule has 3 fully saturated rings. The van der Waals surface area contributed by atoms with E-state index in [2.05, 4.69) is 286 Å². The van der Waals surface area contributed by atoms with Crippen LogP contribution in [0.5, 0.6) is 0 Å². The molecule has 0 bridgehead atoms. The van der Waals surface area contributed by atoms with E-state index in [9.17, 15) is 0 Å². The standard InChI is InChI=1S/C48H48N3S.3C6H5.2FH.Sn/c1-7-19-37(20-8-1)43-31-49(32-44(43)38-21-9-2-10-22-38)52(50-33-45(39-23-11-3-12-24-39)46(34-50)40-25-13-4-14-26-40)51-35-47(41-27-15-5-16-28-41)48(36-51)42-29-17-6-18-30-42;3*1-2-4-6-5-3-1;;;/h1-30,43-48H,31-36H2;3*1-5H;2*1H;/q+1;;;;;;+1/p-2/t43-,44-,45-,46-,47-,48-;;;;;;/m1....../s1. The number of hydrogen-bond donors (Lipinski definition) is 0. The van der Waals surface area contributed by atoms with E-state index in [1.165, 1.54) is 44.1 Å². The van der Waals surface area contributed by atoms with Crippen LogP contribution in [0.3, 0.4) is 0 Å². The van der Waals surface area contributed by atoms with Crippen LogP contribution in [-0.4, -0.2) is 71.9 Å². The van der Waals surface area contributed by atoms with Crippen molar-refractivity contribution in [2.24, 2.45) is 0 Å². The predicted molar refractivity (Wildman–Crippen MR) is 301 cm³/mol. The normalized spacial score (nSPS) is 20.8. The monoisotopic (exact) mass is 1090 g/mol. The number of rotatable bonds is 12. The molecule has 0 aliphatic carbocycles. The van der Waals surface area contributed by atoms with Gasteiger partial charge < -0.3 is 9.41 Å². The maximum Gasteiger partial charge on any atom is 0.268 e. The Kier molecular flexibility index (Phi) is 17.9. The molecule has 12 rings (SSSR count). The molecule has 9 aromatic carbocycles. The second kappa shape index (κ2) is 25.2. The Morgan fingerprint density at radius 3 is 0.548 bits per heavy atom. The molecule has 3 nitrogen and oxygen atoms in total. The van der Waals surface area contributed by atoms with Gasteiger partial charge in [0.15, 0.2) is 0 Å². The van der Waals surface area contributed by atoms with Crippen LogP contribution in [0.4, 0.5) is 0 Å². The minimum Gasteiger partial charge on any atom is -0.0868 e. The maximum absolute atomic E-state index is 2.90. The summed E-state index contributed by atoms with van der Waals surface area (Å²) in [7, 11) is 0. The summed E-state index contributed by atoms with van der Waals surface area (Å²) in [5.41, 5.74) is 8.74. The van der Waals surface area contributed by atoms with Crippen molar-refractivity contribution in [3.05, 3.63) is 306 Å². The number of nitrogens with zero attached hydrogens (tertiary/aromatic N) is 3. The van der Waals surface area contributed by atoms with E-state index in [1.807, 2.05) is 0 Å². The molecule has 0 spiro atoms. The third-order valence-electron chi connectivity index (χ3n) is 15.1. The van der Waals surface area contributed by atoms with E-state index in [1.54, 1.807) is 0 Å². The van der Waals surface area contributed by atoms with Crippen LogP contribution in [0, 0.1) is 0 Å². The average Bonchev–Trinajstić information content (AvgIpc) is 4.23. The van der Waals surface area contributed by atoms with E-state index in [0.717, 1.165) is 39.3 Å². The van der Waals surface area contributed by atoms with Crippen molar-refractivity contribution in [3.63, 3.8) is 0 Å². The Labute approximate surface area is 442 Å². The summed E-state index contributed by atoms with van der Waals surface area (Å²) in [4.78, 5) is 0. The fraction of sp³-hybridized carbons (Fsp3) is 0.182. The largest absolute Gasteiger partial charge is 0.268 e. The average molecular weight is 1090 g/mol. The van der Waals surface area contributed by atoms with Gasteiger partial charge in [-0.1, -0.05) is 195 Å². The van der Waals surface area contributed by atoms with Crippen molar-refractivity contribution in [1.82, 2.24) is 12.9 Å². The van der Waals surface area contributed by atoms with Gasteiger partial charge in [0.25, 0.3) is 11.5 Å². The van der Waals surface area contributed by atoms with Crippen molar-refractivity contribution in [1.29, 1.82) is 0 Å². The van der Waals surface area contributed by atoms with Gasteiger partial charge in [0, 0.05) is 35.5 Å². The van der Waals surface area contributed by atoms with Gasteiger partial charge in [-0.15, -0.1) is 0 Å². The fourth-order valence-electron chi connectivity index (χ4n) is 11.7. The van der Waals surface area contributed by atoms with Crippen LogP contribution < -0.4 is 20.1 Å². The van der Waals surface area contributed by atoms with Crippen molar-refractivity contribution < 1.29 is 9.41 Å².